The van der Waals surface area contributed by atoms with Crippen molar-refractivity contribution in [3.8, 4) is 0 Å². The average molecular weight is 454 g/mol. The van der Waals surface area contributed by atoms with Crippen molar-refractivity contribution in [3.05, 3.63) is 86.7 Å². The Morgan fingerprint density at radius 2 is 0.912 bits per heavy atom. The first-order valence-corrected chi connectivity index (χ1v) is 12.1. The maximum atomic E-state index is 5.03. The summed E-state index contributed by atoms with van der Waals surface area (Å²) < 4.78 is 0. The Labute approximate surface area is 206 Å². The molecular formula is C31H39N3. The van der Waals surface area contributed by atoms with Crippen molar-refractivity contribution >= 4 is 22.8 Å². The summed E-state index contributed by atoms with van der Waals surface area (Å²) in [6.07, 6.45) is 0. The Hall–Kier alpha value is -3.07. The lowest BCUT2D eigenvalue weighted by Gasteiger charge is -2.21. The summed E-state index contributed by atoms with van der Waals surface area (Å²) in [4.78, 5) is 15.1. The van der Waals surface area contributed by atoms with Gasteiger partial charge in [0.05, 0.1) is 34.2 Å². The molecule has 3 nitrogen and oxygen atoms in total. The van der Waals surface area contributed by atoms with Crippen LogP contribution < -0.4 is 0 Å². The fourth-order valence-electron chi connectivity index (χ4n) is 4.48. The van der Waals surface area contributed by atoms with Crippen LogP contribution in [-0.4, -0.2) is 16.4 Å². The van der Waals surface area contributed by atoms with Gasteiger partial charge in [-0.15, -0.1) is 0 Å². The van der Waals surface area contributed by atoms with Gasteiger partial charge in [0.1, 0.15) is 0 Å². The Bertz CT molecular complexity index is 1160. The molecule has 0 bridgehead atoms. The predicted octanol–water partition coefficient (Wildman–Crippen LogP) is 8.51. The summed E-state index contributed by atoms with van der Waals surface area (Å²) in [5, 5.41) is 0. The Kier molecular flexibility index (Phi) is 7.26. The molecule has 0 radical (unpaired) electrons. The lowest BCUT2D eigenvalue weighted by atomic mass is 9.86. The summed E-state index contributed by atoms with van der Waals surface area (Å²) in [6.45, 7) is 23.6. The van der Waals surface area contributed by atoms with Crippen LogP contribution in [0.4, 0.5) is 11.4 Å². The second-order valence-electron chi connectivity index (χ2n) is 10.8. The largest absolute Gasteiger partial charge is 0.251 e. The van der Waals surface area contributed by atoms with Crippen molar-refractivity contribution in [1.29, 1.82) is 0 Å². The molecule has 0 aliphatic carbocycles. The number of nitrogens with zero attached hydrogens (tertiary/aromatic N) is 3. The van der Waals surface area contributed by atoms with E-state index in [9.17, 15) is 0 Å². The smallest absolute Gasteiger partial charge is 0.0852 e. The maximum Gasteiger partial charge on any atom is 0.0852 e. The highest BCUT2D eigenvalue weighted by Crippen LogP contribution is 2.29. The van der Waals surface area contributed by atoms with Crippen molar-refractivity contribution in [2.75, 3.05) is 0 Å². The number of pyridine rings is 1. The van der Waals surface area contributed by atoms with E-state index in [-0.39, 0.29) is 5.41 Å². The number of hydrogen-bond donors (Lipinski definition) is 0. The monoisotopic (exact) mass is 453 g/mol. The van der Waals surface area contributed by atoms with Crippen LogP contribution in [0.1, 0.15) is 85.0 Å². The third-order valence-electron chi connectivity index (χ3n) is 6.26. The lowest BCUT2D eigenvalue weighted by molar-refractivity contribution is 0.589. The van der Waals surface area contributed by atoms with E-state index in [1.54, 1.807) is 0 Å². The number of aliphatic imine (C=N–C) groups is 2. The van der Waals surface area contributed by atoms with E-state index in [4.69, 9.17) is 15.0 Å². The summed E-state index contributed by atoms with van der Waals surface area (Å²) in [6, 6.07) is 13.1. The number of rotatable bonds is 4. The highest BCUT2D eigenvalue weighted by atomic mass is 14.8. The van der Waals surface area contributed by atoms with Crippen LogP contribution in [0.5, 0.6) is 0 Å². The molecule has 3 heteroatoms. The van der Waals surface area contributed by atoms with Crippen LogP contribution in [0, 0.1) is 41.5 Å². The average Bonchev–Trinajstić information content (AvgIpc) is 2.71. The number of aromatic nitrogens is 1. The number of aryl methyl sites for hydroxylation is 6. The summed E-state index contributed by atoms with van der Waals surface area (Å²) in [5.41, 5.74) is 14.2. The molecule has 1 aromatic heterocycles. The molecule has 0 saturated heterocycles. The van der Waals surface area contributed by atoms with Crippen LogP contribution >= 0.6 is 0 Å². The zero-order chi connectivity index (χ0) is 25.4. The van der Waals surface area contributed by atoms with Crippen molar-refractivity contribution < 1.29 is 0 Å². The van der Waals surface area contributed by atoms with Gasteiger partial charge in [-0.1, -0.05) is 56.2 Å². The first-order valence-electron chi connectivity index (χ1n) is 12.1. The Balaban J connectivity index is 2.16. The van der Waals surface area contributed by atoms with Gasteiger partial charge >= 0.3 is 0 Å². The molecule has 1 heterocycles. The molecule has 3 rings (SSSR count). The molecule has 0 N–H and O–H groups in total. The zero-order valence-corrected chi connectivity index (χ0v) is 22.8. The quantitative estimate of drug-likeness (QED) is 0.365. The van der Waals surface area contributed by atoms with E-state index in [2.05, 4.69) is 113 Å². The second-order valence-corrected chi connectivity index (χ2v) is 10.8. The fraction of sp³-hybridized carbons (Fsp3) is 0.387. The molecule has 2 aromatic carbocycles. The molecule has 0 fully saturated rings. The minimum atomic E-state index is -0.0155. The Morgan fingerprint density at radius 1 is 0.588 bits per heavy atom. The molecule has 0 unspecified atom stereocenters. The molecular weight excluding hydrogens is 414 g/mol. The minimum Gasteiger partial charge on any atom is -0.251 e. The van der Waals surface area contributed by atoms with Crippen LogP contribution in [-0.2, 0) is 5.41 Å². The molecule has 3 aromatic rings. The molecule has 34 heavy (non-hydrogen) atoms. The first-order chi connectivity index (χ1) is 15.8. The van der Waals surface area contributed by atoms with Gasteiger partial charge in [0.15, 0.2) is 0 Å². The molecule has 0 amide bonds. The van der Waals surface area contributed by atoms with E-state index in [0.717, 1.165) is 34.2 Å². The molecule has 0 atom stereocenters. The molecule has 0 spiro atoms. The van der Waals surface area contributed by atoms with Crippen LogP contribution in [0.15, 0.2) is 46.4 Å². The van der Waals surface area contributed by atoms with Crippen molar-refractivity contribution in [1.82, 2.24) is 4.98 Å². The molecule has 0 aliphatic rings. The number of benzene rings is 2. The van der Waals surface area contributed by atoms with Gasteiger partial charge in [0.2, 0.25) is 0 Å². The maximum absolute atomic E-state index is 5.03. The minimum absolute atomic E-state index is 0.0155. The highest BCUT2D eigenvalue weighted by Gasteiger charge is 2.18. The van der Waals surface area contributed by atoms with Crippen molar-refractivity contribution in [2.45, 2.75) is 81.6 Å². The molecule has 0 aliphatic heterocycles. The molecule has 0 saturated carbocycles. The van der Waals surface area contributed by atoms with Crippen LogP contribution in [0.2, 0.25) is 0 Å². The fourth-order valence-corrected chi connectivity index (χ4v) is 4.48. The summed E-state index contributed by atoms with van der Waals surface area (Å²) in [7, 11) is 0. The second kappa shape index (κ2) is 9.66. The van der Waals surface area contributed by atoms with Gasteiger partial charge in [-0.25, -0.2) is 4.98 Å². The number of hydrogen-bond acceptors (Lipinski definition) is 3. The van der Waals surface area contributed by atoms with Crippen LogP contribution in [0.25, 0.3) is 0 Å². The first kappa shape index (κ1) is 25.6. The van der Waals surface area contributed by atoms with E-state index < -0.39 is 0 Å². The highest BCUT2D eigenvalue weighted by molar-refractivity contribution is 6.03. The van der Waals surface area contributed by atoms with Crippen molar-refractivity contribution in [2.24, 2.45) is 9.98 Å². The van der Waals surface area contributed by atoms with E-state index in [0.29, 0.717) is 0 Å². The normalized spacial score (nSPS) is 12.9. The molecule has 178 valence electrons. The van der Waals surface area contributed by atoms with Gasteiger partial charge in [-0.3, -0.25) is 9.98 Å². The van der Waals surface area contributed by atoms with Crippen molar-refractivity contribution in [3.63, 3.8) is 0 Å². The van der Waals surface area contributed by atoms with E-state index in [1.165, 1.54) is 38.9 Å². The van der Waals surface area contributed by atoms with Gasteiger partial charge in [0, 0.05) is 0 Å². The van der Waals surface area contributed by atoms with Gasteiger partial charge in [-0.05, 0) is 101 Å². The topological polar surface area (TPSA) is 37.6 Å². The summed E-state index contributed by atoms with van der Waals surface area (Å²) >= 11 is 0. The van der Waals surface area contributed by atoms with Gasteiger partial charge in [-0.2, -0.15) is 0 Å². The zero-order valence-electron chi connectivity index (χ0n) is 22.8. The van der Waals surface area contributed by atoms with Crippen LogP contribution in [0.3, 0.4) is 0 Å². The lowest BCUT2D eigenvalue weighted by Crippen LogP contribution is -2.16. The summed E-state index contributed by atoms with van der Waals surface area (Å²) in [5.74, 6) is 0. The SMILES string of the molecule is CC(=Nc1c(C)cc(C)cc1C)c1cc(C(C)(C)C)cc(C(C)=Nc2c(C)cc(C)cc2C)n1. The van der Waals surface area contributed by atoms with Gasteiger partial charge < -0.3 is 0 Å². The third kappa shape index (κ3) is 5.70. The van der Waals surface area contributed by atoms with Gasteiger partial charge in [0.25, 0.3) is 0 Å². The van der Waals surface area contributed by atoms with E-state index in [1.807, 2.05) is 0 Å². The standard InChI is InChI=1S/C31H39N3/c1-18-12-20(3)29(21(4)13-18)32-24(7)27-16-26(31(9,10)11)17-28(34-27)25(8)33-30-22(5)14-19(2)15-23(30)6/h12-17H,1-11H3. The predicted molar refractivity (Wildman–Crippen MR) is 148 cm³/mol. The van der Waals surface area contributed by atoms with E-state index >= 15 is 0 Å². The third-order valence-corrected chi connectivity index (χ3v) is 6.26. The Morgan fingerprint density at radius 3 is 1.21 bits per heavy atom.